The van der Waals surface area contributed by atoms with Crippen molar-refractivity contribution in [3.8, 4) is 0 Å². The van der Waals surface area contributed by atoms with E-state index >= 15 is 0 Å². The third kappa shape index (κ3) is 7.49. The molecule has 4 aliphatic heterocycles. The number of aliphatic hydroxyl groups is 5. The second kappa shape index (κ2) is 16.2. The Balaban J connectivity index is 0.823. The third-order valence-electron chi connectivity index (χ3n) is 16.2. The minimum absolute atomic E-state index is 0.0551. The summed E-state index contributed by atoms with van der Waals surface area (Å²) in [5.41, 5.74) is -0.916. The smallest absolute Gasteiger partial charge is 0.331 e. The van der Waals surface area contributed by atoms with Gasteiger partial charge in [-0.25, -0.2) is 4.79 Å². The van der Waals surface area contributed by atoms with E-state index in [1.165, 1.54) is 6.92 Å². The maximum absolute atomic E-state index is 12.6. The Morgan fingerprint density at radius 2 is 1.29 bits per heavy atom. The van der Waals surface area contributed by atoms with Crippen molar-refractivity contribution in [2.24, 2.45) is 34.5 Å². The molecule has 0 spiro atoms. The second-order valence-electron chi connectivity index (χ2n) is 19.4. The number of ether oxygens (including phenoxy) is 8. The van der Waals surface area contributed by atoms with Crippen LogP contribution in [0.5, 0.6) is 0 Å². The summed E-state index contributed by atoms with van der Waals surface area (Å²) in [6.45, 7) is 11.2. The standard InChI is InChI=1S/C43H66O15/c1-20-38(55-23(4)44)30(45)17-36(53-20)57-40-22(3)54-37(18-32(40)47)58-39-21(2)52-35(16-31(39)46)56-26-9-11-41(5)25(14-26)7-8-28-29(41)15-33(48)42(6)27(10-12-43(28,42)50)24-13-34(49)51-19-24/h13,20-22,25-33,35-40,45-48,50H,7-12,14-19H2,1-6H3/t20-,21-,22-,25+,26+,27+,28+,29-,30-,31-,32-,33-,35-,36-,37-,38+,39+,40+,41+,42+,43+/m1/s1. The molecular formula is C43H66O15. The van der Waals surface area contributed by atoms with Gasteiger partial charge in [0.15, 0.2) is 25.0 Å². The van der Waals surface area contributed by atoms with E-state index < -0.39 is 96.9 Å². The van der Waals surface area contributed by atoms with Crippen LogP contribution in [0.1, 0.15) is 112 Å². The monoisotopic (exact) mass is 822 g/mol. The maximum atomic E-state index is 12.6. The van der Waals surface area contributed by atoms with E-state index in [-0.39, 0.29) is 61.1 Å². The highest BCUT2D eigenvalue weighted by atomic mass is 16.7. The largest absolute Gasteiger partial charge is 0.458 e. The number of carbonyl (C=O) groups excluding carboxylic acids is 2. The number of carbonyl (C=O) groups is 2. The molecule has 8 aliphatic rings. The van der Waals surface area contributed by atoms with Gasteiger partial charge in [-0.15, -0.1) is 0 Å². The lowest BCUT2D eigenvalue weighted by atomic mass is 9.42. The highest BCUT2D eigenvalue weighted by Crippen LogP contribution is 2.70. The molecule has 4 saturated carbocycles. The van der Waals surface area contributed by atoms with E-state index in [0.717, 1.165) is 44.1 Å². The Labute approximate surface area is 341 Å². The minimum Gasteiger partial charge on any atom is -0.458 e. The molecule has 4 aliphatic carbocycles. The van der Waals surface area contributed by atoms with E-state index in [9.17, 15) is 35.1 Å². The highest BCUT2D eigenvalue weighted by Gasteiger charge is 2.71. The number of hydrogen-bond donors (Lipinski definition) is 5. The molecular weight excluding hydrogens is 756 g/mol. The number of cyclic esters (lactones) is 1. The van der Waals surface area contributed by atoms with Gasteiger partial charge >= 0.3 is 11.9 Å². The first-order valence-corrected chi connectivity index (χ1v) is 21.8. The van der Waals surface area contributed by atoms with Gasteiger partial charge in [-0.05, 0) is 107 Å². The van der Waals surface area contributed by atoms with E-state index in [2.05, 4.69) is 6.92 Å². The Morgan fingerprint density at radius 3 is 1.83 bits per heavy atom. The van der Waals surface area contributed by atoms with Gasteiger partial charge in [-0.1, -0.05) is 13.8 Å². The molecule has 21 atom stereocenters. The zero-order valence-electron chi connectivity index (χ0n) is 34.8. The summed E-state index contributed by atoms with van der Waals surface area (Å²) in [6.07, 6.45) is -1.64. The molecule has 0 aromatic carbocycles. The Morgan fingerprint density at radius 1 is 0.724 bits per heavy atom. The fourth-order valence-electron chi connectivity index (χ4n) is 13.1. The summed E-state index contributed by atoms with van der Waals surface area (Å²) < 4.78 is 47.6. The number of esters is 2. The summed E-state index contributed by atoms with van der Waals surface area (Å²) in [6, 6.07) is 0. The third-order valence-corrected chi connectivity index (χ3v) is 16.2. The molecule has 3 saturated heterocycles. The van der Waals surface area contributed by atoms with Crippen molar-refractivity contribution in [2.75, 3.05) is 6.61 Å². The SMILES string of the molecule is CC(=O)O[C@@H]1[C@H](O)C[C@@H](O[C@@H]2[C@H](O)C[C@@H](O[C@@H]3[C@H](O)C[C@@H](O[C@H]4CC[C@@]5(C)[C@@H](CC[C@H]6[C@H]5C[C@@H](O)[C@]5(C)[C@H](C7=CC(=O)OC7)CC[C@]65O)C4)O[C@@H]3C)O[C@@H]2C)O[C@@H]1C. The van der Waals surface area contributed by atoms with Crippen LogP contribution < -0.4 is 0 Å². The van der Waals surface area contributed by atoms with Gasteiger partial charge in [0.2, 0.25) is 0 Å². The van der Waals surface area contributed by atoms with E-state index in [1.807, 2.05) is 13.8 Å². The van der Waals surface area contributed by atoms with Crippen molar-refractivity contribution < 1.29 is 73.0 Å². The summed E-state index contributed by atoms with van der Waals surface area (Å²) in [5, 5.41) is 57.5. The lowest BCUT2D eigenvalue weighted by molar-refractivity contribution is -0.336. The molecule has 328 valence electrons. The summed E-state index contributed by atoms with van der Waals surface area (Å²) in [7, 11) is 0. The number of fused-ring (bicyclic) bond motifs is 5. The zero-order chi connectivity index (χ0) is 41.5. The molecule has 4 heterocycles. The van der Waals surface area contributed by atoms with Crippen molar-refractivity contribution in [3.63, 3.8) is 0 Å². The fourth-order valence-corrected chi connectivity index (χ4v) is 13.1. The number of rotatable bonds is 8. The van der Waals surface area contributed by atoms with Crippen LogP contribution in [0.3, 0.4) is 0 Å². The van der Waals surface area contributed by atoms with Gasteiger partial charge in [-0.3, -0.25) is 4.79 Å². The van der Waals surface area contributed by atoms with Crippen molar-refractivity contribution in [2.45, 2.75) is 204 Å². The molecule has 58 heavy (non-hydrogen) atoms. The molecule has 0 aromatic heterocycles. The summed E-state index contributed by atoms with van der Waals surface area (Å²) in [4.78, 5) is 23.4. The molecule has 15 heteroatoms. The van der Waals surface area contributed by atoms with Crippen molar-refractivity contribution in [1.82, 2.24) is 0 Å². The molecule has 0 amide bonds. The summed E-state index contributed by atoms with van der Waals surface area (Å²) in [5.74, 6) is -0.339. The average molecular weight is 823 g/mol. The van der Waals surface area contributed by atoms with Crippen LogP contribution in [0.25, 0.3) is 0 Å². The number of hydrogen-bond acceptors (Lipinski definition) is 15. The number of aliphatic hydroxyl groups excluding tert-OH is 4. The van der Waals surface area contributed by atoms with Gasteiger partial charge in [0.25, 0.3) is 0 Å². The Bertz CT molecular complexity index is 1520. The molecule has 8 rings (SSSR count). The summed E-state index contributed by atoms with van der Waals surface area (Å²) >= 11 is 0. The van der Waals surface area contributed by atoms with E-state index in [1.54, 1.807) is 19.9 Å². The van der Waals surface area contributed by atoms with E-state index in [4.69, 9.17) is 37.9 Å². The van der Waals surface area contributed by atoms with Gasteiger partial charge in [0.1, 0.15) is 18.8 Å². The predicted octanol–water partition coefficient (Wildman–Crippen LogP) is 2.79. The molecule has 7 fully saturated rings. The van der Waals surface area contributed by atoms with E-state index in [0.29, 0.717) is 18.8 Å². The normalized spacial score (nSPS) is 53.2. The first-order valence-electron chi connectivity index (χ1n) is 21.8. The molecule has 0 radical (unpaired) electrons. The van der Waals surface area contributed by atoms with Crippen molar-refractivity contribution >= 4 is 11.9 Å². The van der Waals surface area contributed by atoms with Crippen molar-refractivity contribution in [3.05, 3.63) is 11.6 Å². The Kier molecular flexibility index (Phi) is 12.0. The van der Waals surface area contributed by atoms with Crippen molar-refractivity contribution in [1.29, 1.82) is 0 Å². The van der Waals surface area contributed by atoms with Crippen LogP contribution in [0.4, 0.5) is 0 Å². The molecule has 0 aromatic rings. The van der Waals surface area contributed by atoms with Crippen LogP contribution in [0.15, 0.2) is 11.6 Å². The van der Waals surface area contributed by atoms with Crippen LogP contribution in [-0.2, 0) is 47.5 Å². The van der Waals surface area contributed by atoms with Crippen LogP contribution >= 0.6 is 0 Å². The molecule has 15 nitrogen and oxygen atoms in total. The highest BCUT2D eigenvalue weighted by molar-refractivity contribution is 5.85. The lowest BCUT2D eigenvalue weighted by Gasteiger charge is -2.65. The molecule has 5 N–H and O–H groups in total. The predicted molar refractivity (Wildman–Crippen MR) is 202 cm³/mol. The van der Waals surface area contributed by atoms with Gasteiger partial charge in [0, 0.05) is 37.7 Å². The first kappa shape index (κ1) is 42.9. The fraction of sp³-hybridized carbons (Fsp3) is 0.907. The second-order valence-corrected chi connectivity index (χ2v) is 19.4. The Hall–Kier alpha value is -1.76. The van der Waals surface area contributed by atoms with Gasteiger partial charge < -0.3 is 63.4 Å². The first-order chi connectivity index (χ1) is 27.4. The van der Waals surface area contributed by atoms with Crippen LogP contribution in [0.2, 0.25) is 0 Å². The lowest BCUT2D eigenvalue weighted by Crippen LogP contribution is -2.67. The van der Waals surface area contributed by atoms with Crippen LogP contribution in [-0.4, -0.2) is 136 Å². The molecule has 0 unspecified atom stereocenters. The van der Waals surface area contributed by atoms with Gasteiger partial charge in [0.05, 0.1) is 54.4 Å². The van der Waals surface area contributed by atoms with Gasteiger partial charge in [-0.2, -0.15) is 0 Å². The average Bonchev–Trinajstić information content (AvgIpc) is 3.70. The maximum Gasteiger partial charge on any atom is 0.331 e. The van der Waals surface area contributed by atoms with Crippen LogP contribution in [0, 0.1) is 34.5 Å². The quantitative estimate of drug-likeness (QED) is 0.176. The zero-order valence-corrected chi connectivity index (χ0v) is 34.8. The topological polar surface area (TPSA) is 209 Å². The molecule has 0 bridgehead atoms. The minimum atomic E-state index is -1.02.